The molecule has 1 aliphatic carbocycles. The lowest BCUT2D eigenvalue weighted by Gasteiger charge is -2.17. The van der Waals surface area contributed by atoms with Gasteiger partial charge >= 0.3 is 6.03 Å². The zero-order chi connectivity index (χ0) is 22.1. The molecule has 1 aliphatic heterocycles. The Morgan fingerprint density at radius 1 is 1.16 bits per heavy atom. The molecule has 0 spiro atoms. The van der Waals surface area contributed by atoms with E-state index in [1.807, 2.05) is 6.07 Å². The van der Waals surface area contributed by atoms with Crippen LogP contribution in [-0.4, -0.2) is 48.1 Å². The van der Waals surface area contributed by atoms with Gasteiger partial charge in [-0.2, -0.15) is 5.26 Å². The van der Waals surface area contributed by atoms with Crippen molar-refractivity contribution in [3.05, 3.63) is 28.0 Å². The van der Waals surface area contributed by atoms with Crippen molar-refractivity contribution >= 4 is 11.9 Å². The first-order valence-electron chi connectivity index (χ1n) is 11.1. The van der Waals surface area contributed by atoms with Crippen molar-refractivity contribution in [2.75, 3.05) is 26.2 Å². The monoisotopic (exact) mass is 429 g/mol. The van der Waals surface area contributed by atoms with Gasteiger partial charge in [-0.25, -0.2) is 4.79 Å². The summed E-state index contributed by atoms with van der Waals surface area (Å²) < 4.78 is 5.70. The summed E-state index contributed by atoms with van der Waals surface area (Å²) in [6, 6.07) is 5.03. The van der Waals surface area contributed by atoms with Crippen molar-refractivity contribution in [1.82, 2.24) is 20.5 Å². The van der Waals surface area contributed by atoms with E-state index in [1.54, 1.807) is 4.90 Å². The number of nitrogens with zero attached hydrogens (tertiary/aromatic N) is 2. The largest absolute Gasteiger partial charge is 0.479 e. The molecule has 1 saturated carbocycles. The van der Waals surface area contributed by atoms with Gasteiger partial charge in [0, 0.05) is 24.7 Å². The number of nitriles is 1. The van der Waals surface area contributed by atoms with Crippen LogP contribution in [0, 0.1) is 17.2 Å². The quantitative estimate of drug-likeness (QED) is 0.307. The van der Waals surface area contributed by atoms with Crippen molar-refractivity contribution in [1.29, 1.82) is 5.26 Å². The second-order valence-corrected chi connectivity index (χ2v) is 8.31. The molecule has 2 fully saturated rings. The number of hydrogen-bond donors (Lipinski definition) is 3. The molecular formula is C22H31N5O4. The molecule has 2 aliphatic rings. The number of unbranched alkanes of at least 4 members (excludes halogenated alkanes) is 4. The first kappa shape index (κ1) is 22.8. The van der Waals surface area contributed by atoms with Gasteiger partial charge in [-0.05, 0) is 43.7 Å². The maximum Gasteiger partial charge on any atom is 0.324 e. The van der Waals surface area contributed by atoms with Crippen LogP contribution in [-0.2, 0) is 4.79 Å². The molecule has 1 aromatic rings. The van der Waals surface area contributed by atoms with Crippen LogP contribution in [0.1, 0.15) is 63.0 Å². The molecule has 2 heterocycles. The lowest BCUT2D eigenvalue weighted by molar-refractivity contribution is -0.118. The second-order valence-electron chi connectivity index (χ2n) is 8.31. The number of aromatic amines is 1. The number of H-pyrrole nitrogens is 1. The Hall–Kier alpha value is -2.86. The molecule has 1 aromatic heterocycles. The van der Waals surface area contributed by atoms with Gasteiger partial charge in [-0.1, -0.05) is 19.3 Å². The summed E-state index contributed by atoms with van der Waals surface area (Å²) in [5.41, 5.74) is 0.552. The van der Waals surface area contributed by atoms with Crippen LogP contribution in [0.2, 0.25) is 0 Å². The van der Waals surface area contributed by atoms with E-state index in [0.717, 1.165) is 44.2 Å². The highest BCUT2D eigenvalue weighted by Crippen LogP contribution is 2.29. The molecule has 1 saturated heterocycles. The van der Waals surface area contributed by atoms with E-state index in [4.69, 9.17) is 4.74 Å². The SMILES string of the molecule is N#CC[C@@H](NCCCCCCCN1CC(=O)NC1=O)c1cc(OCC2CC2)[nH]c(=O)c1. The van der Waals surface area contributed by atoms with Gasteiger partial charge in [0.05, 0.1) is 19.1 Å². The van der Waals surface area contributed by atoms with Crippen LogP contribution in [0.3, 0.4) is 0 Å². The van der Waals surface area contributed by atoms with Gasteiger partial charge in [0.1, 0.15) is 6.54 Å². The average Bonchev–Trinajstić information content (AvgIpc) is 3.51. The van der Waals surface area contributed by atoms with Crippen molar-refractivity contribution in [3.8, 4) is 11.9 Å². The average molecular weight is 430 g/mol. The van der Waals surface area contributed by atoms with Crippen molar-refractivity contribution in [3.63, 3.8) is 0 Å². The standard InChI is InChI=1S/C22H31N5O4/c23-9-8-18(17-12-19(28)25-21(13-17)31-15-16-6-7-16)24-10-4-2-1-3-5-11-27-14-20(29)26-22(27)30/h12-13,16,18,24H,1-8,10-11,14-15H2,(H,25,28)(H,26,29,30)/t18-/m1/s1. The maximum atomic E-state index is 12.0. The first-order valence-corrected chi connectivity index (χ1v) is 11.1. The topological polar surface area (TPSA) is 127 Å². The Labute approximate surface area is 182 Å². The van der Waals surface area contributed by atoms with Crippen LogP contribution in [0.25, 0.3) is 0 Å². The summed E-state index contributed by atoms with van der Waals surface area (Å²) in [5, 5.41) is 14.8. The first-order chi connectivity index (χ1) is 15.0. The summed E-state index contributed by atoms with van der Waals surface area (Å²) in [5.74, 6) is 0.827. The fraction of sp³-hybridized carbons (Fsp3) is 0.636. The van der Waals surface area contributed by atoms with Crippen molar-refractivity contribution in [2.24, 2.45) is 5.92 Å². The Kier molecular flexibility index (Phi) is 8.47. The van der Waals surface area contributed by atoms with E-state index in [0.29, 0.717) is 24.9 Å². The fourth-order valence-electron chi connectivity index (χ4n) is 3.61. The summed E-state index contributed by atoms with van der Waals surface area (Å²) >= 11 is 0. The minimum Gasteiger partial charge on any atom is -0.479 e. The predicted molar refractivity (Wildman–Crippen MR) is 114 cm³/mol. The molecule has 0 bridgehead atoms. The molecule has 3 amide bonds. The van der Waals surface area contributed by atoms with Gasteiger partial charge in [0.15, 0.2) is 5.88 Å². The number of carbonyl (C=O) groups excluding carboxylic acids is 2. The molecule has 9 nitrogen and oxygen atoms in total. The minimum atomic E-state index is -0.293. The molecule has 3 N–H and O–H groups in total. The molecule has 31 heavy (non-hydrogen) atoms. The van der Waals surface area contributed by atoms with Gasteiger partial charge in [0.25, 0.3) is 5.56 Å². The molecule has 0 radical (unpaired) electrons. The highest BCUT2D eigenvalue weighted by molar-refractivity contribution is 6.01. The van der Waals surface area contributed by atoms with E-state index in [1.165, 1.54) is 18.9 Å². The van der Waals surface area contributed by atoms with Crippen LogP contribution < -0.4 is 20.9 Å². The van der Waals surface area contributed by atoms with Crippen LogP contribution in [0.4, 0.5) is 4.79 Å². The number of amides is 3. The van der Waals surface area contributed by atoms with Crippen LogP contribution in [0.5, 0.6) is 5.88 Å². The molecule has 3 rings (SSSR count). The van der Waals surface area contributed by atoms with Gasteiger partial charge in [-0.3, -0.25) is 19.9 Å². The van der Waals surface area contributed by atoms with Crippen LogP contribution >= 0.6 is 0 Å². The summed E-state index contributed by atoms with van der Waals surface area (Å²) in [4.78, 5) is 38.9. The Bertz CT molecular complexity index is 858. The van der Waals surface area contributed by atoms with Crippen LogP contribution in [0.15, 0.2) is 16.9 Å². The summed E-state index contributed by atoms with van der Waals surface area (Å²) in [6.45, 7) is 2.14. The molecule has 9 heteroatoms. The highest BCUT2D eigenvalue weighted by Gasteiger charge is 2.25. The zero-order valence-corrected chi connectivity index (χ0v) is 17.8. The third-order valence-corrected chi connectivity index (χ3v) is 5.57. The van der Waals surface area contributed by atoms with Gasteiger partial charge < -0.3 is 15.0 Å². The lowest BCUT2D eigenvalue weighted by atomic mass is 10.0. The van der Waals surface area contributed by atoms with E-state index in [2.05, 4.69) is 21.7 Å². The minimum absolute atomic E-state index is 0.165. The molecule has 1 atom stereocenters. The number of ether oxygens (including phenoxy) is 1. The summed E-state index contributed by atoms with van der Waals surface area (Å²) in [7, 11) is 0. The second kappa shape index (κ2) is 11.5. The number of urea groups is 1. The number of rotatable bonds is 14. The van der Waals surface area contributed by atoms with E-state index >= 15 is 0 Å². The Morgan fingerprint density at radius 2 is 1.94 bits per heavy atom. The smallest absolute Gasteiger partial charge is 0.324 e. The number of imide groups is 1. The third-order valence-electron chi connectivity index (χ3n) is 5.57. The number of hydrogen-bond acceptors (Lipinski definition) is 6. The van der Waals surface area contributed by atoms with E-state index in [-0.39, 0.29) is 36.5 Å². The molecule has 0 unspecified atom stereocenters. The number of aromatic nitrogens is 1. The van der Waals surface area contributed by atoms with E-state index < -0.39 is 0 Å². The normalized spacial score (nSPS) is 16.8. The predicted octanol–water partition coefficient (Wildman–Crippen LogP) is 2.21. The lowest BCUT2D eigenvalue weighted by Crippen LogP contribution is -2.29. The maximum absolute atomic E-state index is 12.0. The van der Waals surface area contributed by atoms with Crippen molar-refractivity contribution < 1.29 is 14.3 Å². The number of nitrogens with one attached hydrogen (secondary N) is 3. The molecule has 168 valence electrons. The van der Waals surface area contributed by atoms with Gasteiger partial charge in [-0.15, -0.1) is 0 Å². The Balaban J connectivity index is 1.34. The third kappa shape index (κ3) is 7.72. The summed E-state index contributed by atoms with van der Waals surface area (Å²) in [6.07, 6.45) is 7.53. The molecule has 0 aromatic carbocycles. The molecular weight excluding hydrogens is 398 g/mol. The number of carbonyl (C=O) groups is 2. The fourth-order valence-corrected chi connectivity index (χ4v) is 3.61. The zero-order valence-electron chi connectivity index (χ0n) is 17.8. The van der Waals surface area contributed by atoms with Gasteiger partial charge in [0.2, 0.25) is 5.91 Å². The van der Waals surface area contributed by atoms with Crippen molar-refractivity contribution in [2.45, 2.75) is 57.4 Å². The highest BCUT2D eigenvalue weighted by atomic mass is 16.5. The number of pyridine rings is 1. The Morgan fingerprint density at radius 3 is 2.65 bits per heavy atom. The van der Waals surface area contributed by atoms with E-state index in [9.17, 15) is 19.6 Å².